The summed E-state index contributed by atoms with van der Waals surface area (Å²) < 4.78 is 2.04. The van der Waals surface area contributed by atoms with E-state index in [1.54, 1.807) is 36.4 Å². The molecule has 1 aromatic heterocycles. The first kappa shape index (κ1) is 17.4. The second-order valence-electron chi connectivity index (χ2n) is 5.28. The zero-order valence-electron chi connectivity index (χ0n) is 12.9. The van der Waals surface area contributed by atoms with Gasteiger partial charge in [0, 0.05) is 26.8 Å². The average Bonchev–Trinajstić information content (AvgIpc) is 2.59. The molecule has 5 nitrogen and oxygen atoms in total. The second-order valence-corrected chi connectivity index (χ2v) is 6.63. The number of carbonyl (C=O) groups excluding carboxylic acids is 1. The number of anilines is 1. The number of hydrogen-bond acceptors (Lipinski definition) is 3. The van der Waals surface area contributed by atoms with Gasteiger partial charge in [-0.15, -0.1) is 0 Å². The summed E-state index contributed by atoms with van der Waals surface area (Å²) in [4.78, 5) is 24.2. The molecule has 0 saturated heterocycles. The average molecular weight is 419 g/mol. The highest BCUT2D eigenvalue weighted by molar-refractivity contribution is 9.10. The van der Waals surface area contributed by atoms with E-state index in [4.69, 9.17) is 11.6 Å². The first-order chi connectivity index (χ1) is 12.0. The van der Waals surface area contributed by atoms with Crippen LogP contribution in [0, 0.1) is 0 Å². The highest BCUT2D eigenvalue weighted by Gasteiger charge is 2.09. The van der Waals surface area contributed by atoms with Gasteiger partial charge in [-0.3, -0.25) is 9.59 Å². The fourth-order valence-electron chi connectivity index (χ4n) is 2.23. The second kappa shape index (κ2) is 7.63. The van der Waals surface area contributed by atoms with Crippen LogP contribution in [0.5, 0.6) is 0 Å². The molecule has 0 unspecified atom stereocenters. The van der Waals surface area contributed by atoms with Crippen LogP contribution in [0.4, 0.5) is 5.69 Å². The maximum absolute atomic E-state index is 12.2. The molecule has 0 spiro atoms. The van der Waals surface area contributed by atoms with E-state index in [1.165, 1.54) is 6.07 Å². The fourth-order valence-corrected chi connectivity index (χ4v) is 2.69. The molecule has 0 radical (unpaired) electrons. The van der Waals surface area contributed by atoms with E-state index >= 15 is 0 Å². The lowest BCUT2D eigenvalue weighted by Gasteiger charge is -2.08. The van der Waals surface area contributed by atoms with Crippen molar-refractivity contribution in [3.8, 4) is 11.3 Å². The molecule has 1 heterocycles. The number of carbonyl (C=O) groups is 1. The van der Waals surface area contributed by atoms with E-state index in [-0.39, 0.29) is 18.0 Å². The molecule has 0 aliphatic heterocycles. The molecule has 1 amide bonds. The molecular formula is C18H13BrClN3O2. The summed E-state index contributed by atoms with van der Waals surface area (Å²) in [5, 5.41) is 7.56. The van der Waals surface area contributed by atoms with Gasteiger partial charge in [-0.1, -0.05) is 39.7 Å². The number of nitrogens with one attached hydrogen (secondary N) is 1. The standard InChI is InChI=1S/C18H13BrClN3O2/c19-13-4-6-15(7-5-13)21-17(24)11-23-18(25)9-8-16(22-23)12-2-1-3-14(20)10-12/h1-10H,11H2,(H,21,24). The van der Waals surface area contributed by atoms with Gasteiger partial charge in [-0.25, -0.2) is 4.68 Å². The van der Waals surface area contributed by atoms with Crippen molar-refractivity contribution in [2.24, 2.45) is 0 Å². The Labute approximate surface area is 157 Å². The molecule has 3 aromatic rings. The molecular weight excluding hydrogens is 406 g/mol. The zero-order valence-corrected chi connectivity index (χ0v) is 15.3. The monoisotopic (exact) mass is 417 g/mol. The summed E-state index contributed by atoms with van der Waals surface area (Å²) in [5.74, 6) is -0.333. The molecule has 0 saturated carbocycles. The summed E-state index contributed by atoms with van der Waals surface area (Å²) in [7, 11) is 0. The third-order valence-electron chi connectivity index (χ3n) is 3.41. The van der Waals surface area contributed by atoms with Gasteiger partial charge in [0.05, 0.1) is 5.69 Å². The minimum atomic E-state index is -0.350. The molecule has 126 valence electrons. The molecule has 0 fully saturated rings. The van der Waals surface area contributed by atoms with Gasteiger partial charge in [-0.05, 0) is 42.5 Å². The van der Waals surface area contributed by atoms with Crippen molar-refractivity contribution in [1.29, 1.82) is 0 Å². The van der Waals surface area contributed by atoms with Crippen molar-refractivity contribution in [3.63, 3.8) is 0 Å². The van der Waals surface area contributed by atoms with Crippen molar-refractivity contribution < 1.29 is 4.79 Å². The fraction of sp³-hybridized carbons (Fsp3) is 0.0556. The van der Waals surface area contributed by atoms with Crippen molar-refractivity contribution >= 4 is 39.1 Å². The van der Waals surface area contributed by atoms with Crippen LogP contribution in [0.25, 0.3) is 11.3 Å². The number of hydrogen-bond donors (Lipinski definition) is 1. The summed E-state index contributed by atoms with van der Waals surface area (Å²) >= 11 is 9.32. The molecule has 0 aliphatic carbocycles. The van der Waals surface area contributed by atoms with Crippen molar-refractivity contribution in [2.45, 2.75) is 6.54 Å². The lowest BCUT2D eigenvalue weighted by molar-refractivity contribution is -0.117. The first-order valence-corrected chi connectivity index (χ1v) is 8.58. The van der Waals surface area contributed by atoms with Gasteiger partial charge >= 0.3 is 0 Å². The minimum Gasteiger partial charge on any atom is -0.324 e. The van der Waals surface area contributed by atoms with Crippen molar-refractivity contribution in [3.05, 3.63) is 80.5 Å². The maximum atomic E-state index is 12.2. The Hall–Kier alpha value is -2.44. The summed E-state index contributed by atoms with van der Waals surface area (Å²) in [6.07, 6.45) is 0. The van der Waals surface area contributed by atoms with E-state index < -0.39 is 0 Å². The van der Waals surface area contributed by atoms with Gasteiger partial charge in [0.15, 0.2) is 0 Å². The predicted molar refractivity (Wildman–Crippen MR) is 102 cm³/mol. The number of halogens is 2. The third kappa shape index (κ3) is 4.55. The highest BCUT2D eigenvalue weighted by atomic mass is 79.9. The van der Waals surface area contributed by atoms with Crippen LogP contribution in [0.15, 0.2) is 69.9 Å². The van der Waals surface area contributed by atoms with E-state index in [0.29, 0.717) is 16.4 Å². The Balaban J connectivity index is 1.80. The van der Waals surface area contributed by atoms with Gasteiger partial charge in [0.25, 0.3) is 5.56 Å². The van der Waals surface area contributed by atoms with Gasteiger partial charge in [0.2, 0.25) is 5.91 Å². The Bertz CT molecular complexity index is 971. The summed E-state index contributed by atoms with van der Waals surface area (Å²) in [6, 6.07) is 17.3. The lowest BCUT2D eigenvalue weighted by Crippen LogP contribution is -2.29. The van der Waals surface area contributed by atoms with E-state index in [2.05, 4.69) is 26.3 Å². The van der Waals surface area contributed by atoms with Gasteiger partial charge in [-0.2, -0.15) is 5.10 Å². The number of benzene rings is 2. The van der Waals surface area contributed by atoms with Crippen molar-refractivity contribution in [2.75, 3.05) is 5.32 Å². The number of rotatable bonds is 4. The molecule has 0 aliphatic rings. The predicted octanol–water partition coefficient (Wildman–Crippen LogP) is 3.96. The SMILES string of the molecule is O=C(Cn1nc(-c2cccc(Cl)c2)ccc1=O)Nc1ccc(Br)cc1. The number of amides is 1. The molecule has 1 N–H and O–H groups in total. The topological polar surface area (TPSA) is 64.0 Å². The zero-order chi connectivity index (χ0) is 17.8. The Morgan fingerprint density at radius 1 is 1.12 bits per heavy atom. The Kier molecular flexibility index (Phi) is 5.31. The maximum Gasteiger partial charge on any atom is 0.267 e. The Morgan fingerprint density at radius 3 is 2.60 bits per heavy atom. The Morgan fingerprint density at radius 2 is 1.88 bits per heavy atom. The third-order valence-corrected chi connectivity index (χ3v) is 4.17. The molecule has 7 heteroatoms. The van der Waals surface area contributed by atoms with Crippen LogP contribution < -0.4 is 10.9 Å². The normalized spacial score (nSPS) is 10.5. The first-order valence-electron chi connectivity index (χ1n) is 7.41. The van der Waals surface area contributed by atoms with Crippen molar-refractivity contribution in [1.82, 2.24) is 9.78 Å². The van der Waals surface area contributed by atoms with Gasteiger partial charge < -0.3 is 5.32 Å². The van der Waals surface area contributed by atoms with Crippen LogP contribution in [-0.2, 0) is 11.3 Å². The van der Waals surface area contributed by atoms with E-state index in [1.807, 2.05) is 18.2 Å². The number of aromatic nitrogens is 2. The summed E-state index contributed by atoms with van der Waals surface area (Å²) in [5.41, 5.74) is 1.64. The lowest BCUT2D eigenvalue weighted by atomic mass is 10.1. The van der Waals surface area contributed by atoms with E-state index in [0.717, 1.165) is 14.7 Å². The molecule has 0 atom stereocenters. The molecule has 2 aromatic carbocycles. The van der Waals surface area contributed by atoms with Crippen LogP contribution in [0.2, 0.25) is 5.02 Å². The van der Waals surface area contributed by atoms with Crippen LogP contribution >= 0.6 is 27.5 Å². The summed E-state index contributed by atoms with van der Waals surface area (Å²) in [6.45, 7) is -0.177. The minimum absolute atomic E-state index is 0.177. The quantitative estimate of drug-likeness (QED) is 0.697. The van der Waals surface area contributed by atoms with Crippen LogP contribution in [0.3, 0.4) is 0 Å². The molecule has 0 bridgehead atoms. The smallest absolute Gasteiger partial charge is 0.267 e. The van der Waals surface area contributed by atoms with E-state index in [9.17, 15) is 9.59 Å². The molecule has 25 heavy (non-hydrogen) atoms. The molecule has 3 rings (SSSR count). The number of nitrogens with zero attached hydrogens (tertiary/aromatic N) is 2. The van der Waals surface area contributed by atoms with Crippen LogP contribution in [0.1, 0.15) is 0 Å². The van der Waals surface area contributed by atoms with Gasteiger partial charge in [0.1, 0.15) is 6.54 Å². The van der Waals surface area contributed by atoms with Crippen LogP contribution in [-0.4, -0.2) is 15.7 Å². The highest BCUT2D eigenvalue weighted by Crippen LogP contribution is 2.19. The largest absolute Gasteiger partial charge is 0.324 e.